The maximum absolute atomic E-state index is 12.4. The Bertz CT molecular complexity index is 419. The van der Waals surface area contributed by atoms with Gasteiger partial charge in [0, 0.05) is 6.07 Å². The van der Waals surface area contributed by atoms with E-state index in [1.54, 1.807) is 4.98 Å². The number of pyridine rings is 1. The summed E-state index contributed by atoms with van der Waals surface area (Å²) in [7, 11) is 0. The smallest absolute Gasteiger partial charge is 0.270 e. The zero-order valence-electron chi connectivity index (χ0n) is 6.14. The molecule has 0 aliphatic rings. The first kappa shape index (κ1) is 9.32. The SMILES string of the molecule is N#Cc1cc(F)[nH]c(=O)c1C(F)F. The molecular formula is C7H3F3N2O. The van der Waals surface area contributed by atoms with E-state index in [2.05, 4.69) is 0 Å². The van der Waals surface area contributed by atoms with Crippen molar-refractivity contribution in [3.05, 3.63) is 33.5 Å². The summed E-state index contributed by atoms with van der Waals surface area (Å²) in [5.41, 5.74) is -2.91. The van der Waals surface area contributed by atoms with Crippen LogP contribution in [0.4, 0.5) is 13.2 Å². The molecule has 0 aliphatic carbocycles. The van der Waals surface area contributed by atoms with E-state index in [0.29, 0.717) is 6.07 Å². The molecule has 0 spiro atoms. The van der Waals surface area contributed by atoms with Gasteiger partial charge in [-0.05, 0) is 0 Å². The second-order valence-corrected chi connectivity index (χ2v) is 2.19. The molecule has 13 heavy (non-hydrogen) atoms. The van der Waals surface area contributed by atoms with Gasteiger partial charge in [-0.2, -0.15) is 9.65 Å². The summed E-state index contributed by atoms with van der Waals surface area (Å²) in [5.74, 6) is -1.11. The number of H-pyrrole nitrogens is 1. The lowest BCUT2D eigenvalue weighted by molar-refractivity contribution is 0.149. The van der Waals surface area contributed by atoms with Crippen LogP contribution in [0.2, 0.25) is 0 Å². The van der Waals surface area contributed by atoms with Gasteiger partial charge in [0.2, 0.25) is 0 Å². The summed E-state index contributed by atoms with van der Waals surface area (Å²) in [5, 5.41) is 8.31. The van der Waals surface area contributed by atoms with Crippen LogP contribution in [0.5, 0.6) is 0 Å². The summed E-state index contributed by atoms with van der Waals surface area (Å²) >= 11 is 0. The number of nitriles is 1. The molecule has 0 amide bonds. The molecule has 68 valence electrons. The Morgan fingerprint density at radius 1 is 1.54 bits per heavy atom. The van der Waals surface area contributed by atoms with Crippen molar-refractivity contribution in [3.8, 4) is 6.07 Å². The Morgan fingerprint density at radius 2 is 2.15 bits per heavy atom. The van der Waals surface area contributed by atoms with Crippen LogP contribution >= 0.6 is 0 Å². The summed E-state index contributed by atoms with van der Waals surface area (Å²) in [4.78, 5) is 12.3. The minimum Gasteiger partial charge on any atom is -0.298 e. The van der Waals surface area contributed by atoms with Crippen LogP contribution in [0.1, 0.15) is 17.6 Å². The number of hydrogen-bond donors (Lipinski definition) is 1. The third-order valence-electron chi connectivity index (χ3n) is 1.38. The van der Waals surface area contributed by atoms with E-state index in [9.17, 15) is 18.0 Å². The summed E-state index contributed by atoms with van der Waals surface area (Å²) in [6.45, 7) is 0. The molecule has 1 N–H and O–H groups in total. The maximum Gasteiger partial charge on any atom is 0.270 e. The van der Waals surface area contributed by atoms with Crippen LogP contribution in [0.15, 0.2) is 10.9 Å². The number of nitrogens with zero attached hydrogens (tertiary/aromatic N) is 1. The van der Waals surface area contributed by atoms with Gasteiger partial charge in [0.05, 0.1) is 5.56 Å². The predicted molar refractivity (Wildman–Crippen MR) is 36.7 cm³/mol. The van der Waals surface area contributed by atoms with Crippen molar-refractivity contribution >= 4 is 0 Å². The van der Waals surface area contributed by atoms with Crippen LogP contribution in [0, 0.1) is 17.3 Å². The van der Waals surface area contributed by atoms with Gasteiger partial charge in [0.1, 0.15) is 11.6 Å². The first-order valence-electron chi connectivity index (χ1n) is 3.17. The van der Waals surface area contributed by atoms with E-state index >= 15 is 0 Å². The third kappa shape index (κ3) is 1.69. The lowest BCUT2D eigenvalue weighted by Gasteiger charge is -1.99. The molecule has 0 bridgehead atoms. The van der Waals surface area contributed by atoms with Gasteiger partial charge in [0.15, 0.2) is 5.95 Å². The van der Waals surface area contributed by atoms with Crippen molar-refractivity contribution in [1.29, 1.82) is 5.26 Å². The van der Waals surface area contributed by atoms with Gasteiger partial charge >= 0.3 is 0 Å². The average molecular weight is 188 g/mol. The number of hydrogen-bond acceptors (Lipinski definition) is 2. The van der Waals surface area contributed by atoms with Crippen LogP contribution in [0.3, 0.4) is 0 Å². The quantitative estimate of drug-likeness (QED) is 0.675. The second-order valence-electron chi connectivity index (χ2n) is 2.19. The van der Waals surface area contributed by atoms with Gasteiger partial charge < -0.3 is 0 Å². The number of nitrogens with one attached hydrogen (secondary N) is 1. The zero-order valence-corrected chi connectivity index (χ0v) is 6.14. The molecule has 1 aromatic rings. The standard InChI is InChI=1S/C7H3F3N2O/c8-4-1-3(2-11)5(6(9)10)7(13)12-4/h1,6H,(H,12,13). The van der Waals surface area contributed by atoms with Crippen molar-refractivity contribution in [1.82, 2.24) is 4.98 Å². The summed E-state index contributed by atoms with van der Waals surface area (Å²) < 4.78 is 36.6. The van der Waals surface area contributed by atoms with E-state index in [-0.39, 0.29) is 0 Å². The fourth-order valence-electron chi connectivity index (χ4n) is 0.848. The Hall–Kier alpha value is -1.77. The Kier molecular flexibility index (Phi) is 2.37. The number of alkyl halides is 2. The summed E-state index contributed by atoms with van der Waals surface area (Å²) in [6, 6.07) is 1.88. The van der Waals surface area contributed by atoms with Crippen molar-refractivity contribution in [2.75, 3.05) is 0 Å². The molecule has 1 aromatic heterocycles. The lowest BCUT2D eigenvalue weighted by Crippen LogP contribution is -2.16. The number of aromatic nitrogens is 1. The van der Waals surface area contributed by atoms with E-state index in [1.165, 1.54) is 6.07 Å². The fourth-order valence-corrected chi connectivity index (χ4v) is 0.848. The minimum atomic E-state index is -3.08. The van der Waals surface area contributed by atoms with Crippen LogP contribution < -0.4 is 5.56 Å². The van der Waals surface area contributed by atoms with Crippen molar-refractivity contribution in [2.45, 2.75) is 6.43 Å². The van der Waals surface area contributed by atoms with Gasteiger partial charge in [-0.1, -0.05) is 0 Å². The molecule has 1 rings (SSSR count). The normalized spacial score (nSPS) is 10.1. The molecule has 0 aromatic carbocycles. The molecule has 0 aliphatic heterocycles. The Morgan fingerprint density at radius 3 is 2.62 bits per heavy atom. The average Bonchev–Trinajstić information content (AvgIpc) is 2.01. The van der Waals surface area contributed by atoms with Crippen molar-refractivity contribution in [2.24, 2.45) is 0 Å². The fraction of sp³-hybridized carbons (Fsp3) is 0.143. The van der Waals surface area contributed by atoms with Gasteiger partial charge in [-0.25, -0.2) is 8.78 Å². The molecule has 0 atom stereocenters. The topological polar surface area (TPSA) is 56.6 Å². The molecule has 3 nitrogen and oxygen atoms in total. The highest BCUT2D eigenvalue weighted by Gasteiger charge is 2.18. The van der Waals surface area contributed by atoms with Gasteiger partial charge in [0.25, 0.3) is 12.0 Å². The second kappa shape index (κ2) is 3.31. The summed E-state index contributed by atoms with van der Waals surface area (Å²) in [6.07, 6.45) is -3.08. The van der Waals surface area contributed by atoms with E-state index in [4.69, 9.17) is 5.26 Å². The molecule has 0 fully saturated rings. The highest BCUT2D eigenvalue weighted by molar-refractivity contribution is 5.36. The molecular weight excluding hydrogens is 185 g/mol. The predicted octanol–water partition coefficient (Wildman–Crippen LogP) is 1.32. The van der Waals surface area contributed by atoms with E-state index < -0.39 is 29.1 Å². The molecule has 0 radical (unpaired) electrons. The maximum atomic E-state index is 12.4. The Labute approximate surface area is 70.4 Å². The molecule has 0 saturated heterocycles. The van der Waals surface area contributed by atoms with Gasteiger partial charge in [-0.3, -0.25) is 9.78 Å². The Balaban J connectivity index is 3.51. The number of aromatic amines is 1. The van der Waals surface area contributed by atoms with Crippen molar-refractivity contribution in [3.63, 3.8) is 0 Å². The molecule has 0 saturated carbocycles. The monoisotopic (exact) mass is 188 g/mol. The lowest BCUT2D eigenvalue weighted by atomic mass is 10.1. The van der Waals surface area contributed by atoms with Crippen LogP contribution in [-0.2, 0) is 0 Å². The third-order valence-corrected chi connectivity index (χ3v) is 1.38. The largest absolute Gasteiger partial charge is 0.298 e. The highest BCUT2D eigenvalue weighted by Crippen LogP contribution is 2.18. The number of rotatable bonds is 1. The highest BCUT2D eigenvalue weighted by atomic mass is 19.3. The zero-order chi connectivity index (χ0) is 10.0. The van der Waals surface area contributed by atoms with E-state index in [0.717, 1.165) is 0 Å². The first-order valence-corrected chi connectivity index (χ1v) is 3.17. The molecule has 6 heteroatoms. The number of halogens is 3. The van der Waals surface area contributed by atoms with Crippen molar-refractivity contribution < 1.29 is 13.2 Å². The molecule has 0 unspecified atom stereocenters. The van der Waals surface area contributed by atoms with Gasteiger partial charge in [-0.15, -0.1) is 0 Å². The van der Waals surface area contributed by atoms with Crippen LogP contribution in [0.25, 0.3) is 0 Å². The minimum absolute atomic E-state index is 0.558. The first-order chi connectivity index (χ1) is 6.06. The van der Waals surface area contributed by atoms with E-state index in [1.807, 2.05) is 0 Å². The molecule has 1 heterocycles. The van der Waals surface area contributed by atoms with Crippen LogP contribution in [-0.4, -0.2) is 4.98 Å².